The van der Waals surface area contributed by atoms with E-state index in [4.69, 9.17) is 24.5 Å². The smallest absolute Gasteiger partial charge is 0.414 e. The van der Waals surface area contributed by atoms with Crippen molar-refractivity contribution in [3.8, 4) is 5.75 Å². The number of aliphatic carboxylic acids is 2. The van der Waals surface area contributed by atoms with Gasteiger partial charge in [-0.1, -0.05) is 15.9 Å². The second-order valence-electron chi connectivity index (χ2n) is 3.14. The predicted octanol–water partition coefficient (Wildman–Crippen LogP) is 1.97. The van der Waals surface area contributed by atoms with Crippen LogP contribution in [0.2, 0.25) is 0 Å². The third kappa shape index (κ3) is 8.57. The minimum absolute atomic E-state index is 0.677. The second-order valence-corrected chi connectivity index (χ2v) is 4.91. The molecule has 0 aliphatic rings. The SMILES string of the molecule is CNCCOc1ccc(Br)cc1Br.O=C(O)C(=O)O. The summed E-state index contributed by atoms with van der Waals surface area (Å²) in [7, 11) is 1.90. The number of carbonyl (C=O) groups is 2. The first-order chi connectivity index (χ1) is 8.88. The van der Waals surface area contributed by atoms with Gasteiger partial charge in [0.05, 0.1) is 4.47 Å². The monoisotopic (exact) mass is 397 g/mol. The van der Waals surface area contributed by atoms with Crippen LogP contribution < -0.4 is 10.1 Å². The van der Waals surface area contributed by atoms with Gasteiger partial charge in [0.25, 0.3) is 0 Å². The molecular weight excluding hydrogens is 386 g/mol. The third-order valence-electron chi connectivity index (χ3n) is 1.69. The summed E-state index contributed by atoms with van der Waals surface area (Å²) >= 11 is 6.80. The lowest BCUT2D eigenvalue weighted by atomic mass is 10.3. The Balaban J connectivity index is 0.000000459. The maximum absolute atomic E-state index is 9.10. The molecule has 0 saturated carbocycles. The van der Waals surface area contributed by atoms with Gasteiger partial charge in [-0.25, -0.2) is 9.59 Å². The molecule has 0 bridgehead atoms. The maximum atomic E-state index is 9.10. The summed E-state index contributed by atoms with van der Waals surface area (Å²) < 4.78 is 7.51. The van der Waals surface area contributed by atoms with E-state index in [1.54, 1.807) is 0 Å². The van der Waals surface area contributed by atoms with Crippen LogP contribution in [0.4, 0.5) is 0 Å². The number of carboxylic acids is 2. The molecule has 1 rings (SSSR count). The number of hydrogen-bond acceptors (Lipinski definition) is 4. The van der Waals surface area contributed by atoms with Crippen LogP contribution in [0.25, 0.3) is 0 Å². The van der Waals surface area contributed by atoms with Gasteiger partial charge in [0.1, 0.15) is 12.4 Å². The topological polar surface area (TPSA) is 95.9 Å². The van der Waals surface area contributed by atoms with Gasteiger partial charge in [0.15, 0.2) is 0 Å². The maximum Gasteiger partial charge on any atom is 0.414 e. The number of hydrogen-bond donors (Lipinski definition) is 3. The van der Waals surface area contributed by atoms with Crippen LogP contribution in [-0.2, 0) is 9.59 Å². The van der Waals surface area contributed by atoms with Crippen molar-refractivity contribution in [3.05, 3.63) is 27.1 Å². The van der Waals surface area contributed by atoms with E-state index < -0.39 is 11.9 Å². The fourth-order valence-electron chi connectivity index (χ4n) is 0.855. The van der Waals surface area contributed by atoms with E-state index in [9.17, 15) is 0 Å². The van der Waals surface area contributed by atoms with Crippen molar-refractivity contribution in [2.45, 2.75) is 0 Å². The summed E-state index contributed by atoms with van der Waals surface area (Å²) in [6, 6.07) is 5.86. The Morgan fingerprint density at radius 1 is 1.26 bits per heavy atom. The minimum atomic E-state index is -1.82. The number of halogens is 2. The van der Waals surface area contributed by atoms with Crippen LogP contribution in [0.5, 0.6) is 5.75 Å². The van der Waals surface area contributed by atoms with Gasteiger partial charge >= 0.3 is 11.9 Å². The van der Waals surface area contributed by atoms with Crippen molar-refractivity contribution in [3.63, 3.8) is 0 Å². The fourth-order valence-corrected chi connectivity index (χ4v) is 2.02. The van der Waals surface area contributed by atoms with Gasteiger partial charge < -0.3 is 20.3 Å². The summed E-state index contributed by atoms with van der Waals surface area (Å²) in [6.07, 6.45) is 0. The number of ether oxygens (including phenoxy) is 1. The van der Waals surface area contributed by atoms with Crippen molar-refractivity contribution in [1.29, 1.82) is 0 Å². The van der Waals surface area contributed by atoms with Crippen LogP contribution in [0.3, 0.4) is 0 Å². The Hall–Kier alpha value is -1.12. The van der Waals surface area contributed by atoms with Gasteiger partial charge in [-0.2, -0.15) is 0 Å². The molecule has 0 amide bonds. The molecule has 3 N–H and O–H groups in total. The Morgan fingerprint density at radius 2 is 1.84 bits per heavy atom. The Morgan fingerprint density at radius 3 is 2.26 bits per heavy atom. The standard InChI is InChI=1S/C9H11Br2NO.C2H2O4/c1-12-4-5-13-9-3-2-7(10)6-8(9)11;3-1(4)2(5)6/h2-3,6,12H,4-5H2,1H3;(H,3,4)(H,5,6). The molecule has 0 atom stereocenters. The summed E-state index contributed by atoms with van der Waals surface area (Å²) in [5.41, 5.74) is 0. The highest BCUT2D eigenvalue weighted by Gasteiger charge is 2.04. The molecule has 8 heteroatoms. The van der Waals surface area contributed by atoms with Crippen molar-refractivity contribution in [2.24, 2.45) is 0 Å². The summed E-state index contributed by atoms with van der Waals surface area (Å²) in [5, 5.41) is 17.8. The van der Waals surface area contributed by atoms with Crippen molar-refractivity contribution in [2.75, 3.05) is 20.2 Å². The lowest BCUT2D eigenvalue weighted by Gasteiger charge is -2.07. The van der Waals surface area contributed by atoms with Crippen LogP contribution >= 0.6 is 31.9 Å². The fraction of sp³-hybridized carbons (Fsp3) is 0.273. The predicted molar refractivity (Wildman–Crippen MR) is 76.5 cm³/mol. The van der Waals surface area contributed by atoms with E-state index in [0.717, 1.165) is 21.2 Å². The first-order valence-corrected chi connectivity index (χ1v) is 6.65. The number of nitrogens with one attached hydrogen (secondary N) is 1. The molecule has 0 fully saturated rings. The second kappa shape index (κ2) is 9.76. The number of likely N-dealkylation sites (N-methyl/N-ethyl adjacent to an activating group) is 1. The molecule has 0 aliphatic carbocycles. The first kappa shape index (κ1) is 17.9. The zero-order valence-electron chi connectivity index (χ0n) is 10.0. The molecule has 1 aromatic rings. The lowest BCUT2D eigenvalue weighted by Crippen LogP contribution is -2.16. The normalized spacial score (nSPS) is 9.21. The Labute approximate surface area is 127 Å². The molecule has 6 nitrogen and oxygen atoms in total. The average Bonchev–Trinajstić information content (AvgIpc) is 2.33. The summed E-state index contributed by atoms with van der Waals surface area (Å²) in [4.78, 5) is 18.2. The molecule has 0 spiro atoms. The summed E-state index contributed by atoms with van der Waals surface area (Å²) in [5.74, 6) is -2.77. The summed E-state index contributed by atoms with van der Waals surface area (Å²) in [6.45, 7) is 1.53. The van der Waals surface area contributed by atoms with Gasteiger partial charge in [-0.05, 0) is 41.2 Å². The molecule has 0 heterocycles. The van der Waals surface area contributed by atoms with E-state index in [-0.39, 0.29) is 0 Å². The van der Waals surface area contributed by atoms with Gasteiger partial charge in [0, 0.05) is 11.0 Å². The Bertz CT molecular complexity index is 427. The molecule has 0 radical (unpaired) electrons. The molecular formula is C11H13Br2NO5. The highest BCUT2D eigenvalue weighted by atomic mass is 79.9. The molecule has 0 aromatic heterocycles. The largest absolute Gasteiger partial charge is 0.491 e. The molecule has 0 saturated heterocycles. The van der Waals surface area contributed by atoms with Gasteiger partial charge in [-0.3, -0.25) is 0 Å². The van der Waals surface area contributed by atoms with E-state index in [0.29, 0.717) is 6.61 Å². The van der Waals surface area contributed by atoms with Gasteiger partial charge in [0.2, 0.25) is 0 Å². The van der Waals surface area contributed by atoms with E-state index in [2.05, 4.69) is 37.2 Å². The highest BCUT2D eigenvalue weighted by Crippen LogP contribution is 2.27. The average molecular weight is 399 g/mol. The third-order valence-corrected chi connectivity index (χ3v) is 2.80. The van der Waals surface area contributed by atoms with Crippen molar-refractivity contribution in [1.82, 2.24) is 5.32 Å². The molecule has 0 unspecified atom stereocenters. The first-order valence-electron chi connectivity index (χ1n) is 5.07. The molecule has 0 aliphatic heterocycles. The van der Waals surface area contributed by atoms with Crippen molar-refractivity contribution < 1.29 is 24.5 Å². The van der Waals surface area contributed by atoms with Gasteiger partial charge in [-0.15, -0.1) is 0 Å². The van der Waals surface area contributed by atoms with E-state index in [1.165, 1.54) is 0 Å². The van der Waals surface area contributed by atoms with Crippen LogP contribution in [-0.4, -0.2) is 42.4 Å². The lowest BCUT2D eigenvalue weighted by molar-refractivity contribution is -0.159. The van der Waals surface area contributed by atoms with Crippen LogP contribution in [0.15, 0.2) is 27.1 Å². The highest BCUT2D eigenvalue weighted by molar-refractivity contribution is 9.11. The number of carboxylic acid groups (broad SMARTS) is 2. The van der Waals surface area contributed by atoms with Crippen LogP contribution in [0.1, 0.15) is 0 Å². The zero-order chi connectivity index (χ0) is 14.8. The minimum Gasteiger partial charge on any atom is -0.491 e. The quantitative estimate of drug-likeness (QED) is 0.530. The van der Waals surface area contributed by atoms with E-state index in [1.807, 2.05) is 25.2 Å². The van der Waals surface area contributed by atoms with E-state index >= 15 is 0 Å². The molecule has 1 aromatic carbocycles. The Kier molecular flexibility index (Phi) is 9.19. The number of rotatable bonds is 4. The zero-order valence-corrected chi connectivity index (χ0v) is 13.2. The molecule has 106 valence electrons. The van der Waals surface area contributed by atoms with Crippen molar-refractivity contribution >= 4 is 43.8 Å². The van der Waals surface area contributed by atoms with Crippen LogP contribution in [0, 0.1) is 0 Å². The molecule has 19 heavy (non-hydrogen) atoms. The number of benzene rings is 1.